The highest BCUT2D eigenvalue weighted by molar-refractivity contribution is 5.16. The number of ether oxygens (including phenoxy) is 1. The van der Waals surface area contributed by atoms with E-state index in [1.807, 2.05) is 11.7 Å². The normalized spacial score (nSPS) is 24.5. The average molecular weight is 233 g/mol. The lowest BCUT2D eigenvalue weighted by Crippen LogP contribution is -2.33. The number of hydrogen-bond donors (Lipinski definition) is 0. The number of nitrogens with zero attached hydrogens (tertiary/aromatic N) is 3. The highest BCUT2D eigenvalue weighted by Gasteiger charge is 2.34. The third-order valence-electron chi connectivity index (χ3n) is 3.47. The molecule has 0 aromatic carbocycles. The van der Waals surface area contributed by atoms with Gasteiger partial charge in [0.2, 0.25) is 0 Å². The van der Waals surface area contributed by atoms with Crippen molar-refractivity contribution in [3.05, 3.63) is 17.5 Å². The first-order chi connectivity index (χ1) is 8.19. The third kappa shape index (κ3) is 2.50. The highest BCUT2D eigenvalue weighted by Crippen LogP contribution is 2.31. The maximum atomic E-state index is 9.40. The molecule has 1 fully saturated rings. The van der Waals surface area contributed by atoms with E-state index in [0.717, 1.165) is 43.7 Å². The van der Waals surface area contributed by atoms with E-state index < -0.39 is 0 Å². The first-order valence-corrected chi connectivity index (χ1v) is 6.20. The van der Waals surface area contributed by atoms with Crippen LogP contribution in [0.3, 0.4) is 0 Å². The van der Waals surface area contributed by atoms with Crippen LogP contribution in [0.4, 0.5) is 0 Å². The Bertz CT molecular complexity index is 424. The van der Waals surface area contributed by atoms with E-state index in [-0.39, 0.29) is 5.41 Å². The second-order valence-corrected chi connectivity index (χ2v) is 4.83. The van der Waals surface area contributed by atoms with Gasteiger partial charge in [0, 0.05) is 25.8 Å². The van der Waals surface area contributed by atoms with Gasteiger partial charge in [0.05, 0.1) is 23.8 Å². The van der Waals surface area contributed by atoms with Crippen LogP contribution in [0.25, 0.3) is 0 Å². The summed E-state index contributed by atoms with van der Waals surface area (Å²) >= 11 is 0. The predicted octanol–water partition coefficient (Wildman–Crippen LogP) is 1.85. The smallest absolute Gasteiger partial charge is 0.0862 e. The van der Waals surface area contributed by atoms with Gasteiger partial charge in [-0.2, -0.15) is 10.4 Å². The van der Waals surface area contributed by atoms with Crippen LogP contribution in [0.5, 0.6) is 0 Å². The molecular formula is C13H19N3O. The molecule has 2 heterocycles. The van der Waals surface area contributed by atoms with E-state index in [1.165, 1.54) is 0 Å². The molecule has 17 heavy (non-hydrogen) atoms. The van der Waals surface area contributed by atoms with Crippen LogP contribution in [-0.4, -0.2) is 23.0 Å². The van der Waals surface area contributed by atoms with E-state index >= 15 is 0 Å². The zero-order valence-electron chi connectivity index (χ0n) is 10.6. The van der Waals surface area contributed by atoms with Crippen LogP contribution in [0.1, 0.15) is 31.2 Å². The number of nitriles is 1. The van der Waals surface area contributed by atoms with Gasteiger partial charge < -0.3 is 4.74 Å². The van der Waals surface area contributed by atoms with E-state index in [1.54, 1.807) is 0 Å². The quantitative estimate of drug-likeness (QED) is 0.800. The van der Waals surface area contributed by atoms with Crippen molar-refractivity contribution < 1.29 is 4.74 Å². The van der Waals surface area contributed by atoms with Gasteiger partial charge in [0.1, 0.15) is 0 Å². The highest BCUT2D eigenvalue weighted by atomic mass is 16.5. The number of aryl methyl sites for hydroxylation is 2. The van der Waals surface area contributed by atoms with Crippen LogP contribution in [0.15, 0.2) is 6.07 Å². The van der Waals surface area contributed by atoms with Crippen molar-refractivity contribution in [2.24, 2.45) is 12.5 Å². The van der Waals surface area contributed by atoms with Gasteiger partial charge in [0.25, 0.3) is 0 Å². The Hall–Kier alpha value is -1.34. The Kier molecular flexibility index (Phi) is 3.49. The molecule has 1 aromatic heterocycles. The monoisotopic (exact) mass is 233 g/mol. The van der Waals surface area contributed by atoms with Crippen LogP contribution >= 0.6 is 0 Å². The molecule has 4 heteroatoms. The van der Waals surface area contributed by atoms with Gasteiger partial charge in [-0.3, -0.25) is 4.68 Å². The van der Waals surface area contributed by atoms with Crippen molar-refractivity contribution in [2.75, 3.05) is 13.2 Å². The summed E-state index contributed by atoms with van der Waals surface area (Å²) in [5.41, 5.74) is 1.87. The standard InChI is InChI=1S/C13H19N3O/c1-3-11-7-12(16(2)15-11)8-13(9-14)5-4-6-17-10-13/h7H,3-6,8,10H2,1-2H3. The Balaban J connectivity index is 2.17. The summed E-state index contributed by atoms with van der Waals surface area (Å²) in [6.45, 7) is 3.43. The molecule has 0 spiro atoms. The molecule has 0 radical (unpaired) electrons. The van der Waals surface area contributed by atoms with Crippen molar-refractivity contribution >= 4 is 0 Å². The Morgan fingerprint density at radius 3 is 3.00 bits per heavy atom. The first-order valence-electron chi connectivity index (χ1n) is 6.20. The van der Waals surface area contributed by atoms with Crippen molar-refractivity contribution in [3.8, 4) is 6.07 Å². The van der Waals surface area contributed by atoms with Crippen LogP contribution < -0.4 is 0 Å². The van der Waals surface area contributed by atoms with Gasteiger partial charge in [-0.05, 0) is 25.3 Å². The fourth-order valence-corrected chi connectivity index (χ4v) is 2.38. The van der Waals surface area contributed by atoms with Crippen LogP contribution in [0.2, 0.25) is 0 Å². The summed E-state index contributed by atoms with van der Waals surface area (Å²) in [5, 5.41) is 13.8. The summed E-state index contributed by atoms with van der Waals surface area (Å²) in [5.74, 6) is 0. The zero-order valence-corrected chi connectivity index (χ0v) is 10.6. The molecule has 0 saturated carbocycles. The second kappa shape index (κ2) is 4.89. The summed E-state index contributed by atoms with van der Waals surface area (Å²) in [6, 6.07) is 4.56. The molecule has 0 N–H and O–H groups in total. The summed E-state index contributed by atoms with van der Waals surface area (Å²) in [7, 11) is 1.95. The van der Waals surface area contributed by atoms with Gasteiger partial charge in [0.15, 0.2) is 0 Å². The van der Waals surface area contributed by atoms with Crippen LogP contribution in [-0.2, 0) is 24.6 Å². The van der Waals surface area contributed by atoms with E-state index in [2.05, 4.69) is 24.2 Å². The number of hydrogen-bond acceptors (Lipinski definition) is 3. The van der Waals surface area contributed by atoms with Crippen molar-refractivity contribution in [2.45, 2.75) is 32.6 Å². The first kappa shape index (κ1) is 12.1. The fourth-order valence-electron chi connectivity index (χ4n) is 2.38. The van der Waals surface area contributed by atoms with E-state index in [0.29, 0.717) is 6.61 Å². The maximum Gasteiger partial charge on any atom is 0.0862 e. The summed E-state index contributed by atoms with van der Waals surface area (Å²) < 4.78 is 7.36. The maximum absolute atomic E-state index is 9.40. The minimum absolute atomic E-state index is 0.350. The fraction of sp³-hybridized carbons (Fsp3) is 0.692. The lowest BCUT2D eigenvalue weighted by Gasteiger charge is -2.30. The number of rotatable bonds is 3. The van der Waals surface area contributed by atoms with Crippen molar-refractivity contribution in [3.63, 3.8) is 0 Å². The molecule has 1 aromatic rings. The lowest BCUT2D eigenvalue weighted by molar-refractivity contribution is 0.0215. The molecular weight excluding hydrogens is 214 g/mol. The zero-order chi connectivity index (χ0) is 12.3. The molecule has 1 unspecified atom stereocenters. The predicted molar refractivity (Wildman–Crippen MR) is 64.4 cm³/mol. The number of aromatic nitrogens is 2. The van der Waals surface area contributed by atoms with Gasteiger partial charge in [-0.1, -0.05) is 6.92 Å². The van der Waals surface area contributed by atoms with Crippen molar-refractivity contribution in [1.82, 2.24) is 9.78 Å². The molecule has 1 aliphatic rings. The minimum atomic E-state index is -0.350. The van der Waals surface area contributed by atoms with Gasteiger partial charge in [-0.15, -0.1) is 0 Å². The Labute approximate surface area is 102 Å². The summed E-state index contributed by atoms with van der Waals surface area (Å²) in [4.78, 5) is 0. The minimum Gasteiger partial charge on any atom is -0.380 e. The third-order valence-corrected chi connectivity index (χ3v) is 3.47. The van der Waals surface area contributed by atoms with Crippen LogP contribution in [0, 0.1) is 16.7 Å². The molecule has 0 bridgehead atoms. The van der Waals surface area contributed by atoms with Crippen molar-refractivity contribution in [1.29, 1.82) is 5.26 Å². The van der Waals surface area contributed by atoms with E-state index in [9.17, 15) is 5.26 Å². The molecule has 4 nitrogen and oxygen atoms in total. The summed E-state index contributed by atoms with van der Waals surface area (Å²) in [6.07, 6.45) is 3.58. The van der Waals surface area contributed by atoms with E-state index in [4.69, 9.17) is 4.74 Å². The molecule has 1 aliphatic heterocycles. The average Bonchev–Trinajstić information content (AvgIpc) is 2.71. The van der Waals surface area contributed by atoms with Gasteiger partial charge in [-0.25, -0.2) is 0 Å². The largest absolute Gasteiger partial charge is 0.380 e. The molecule has 0 aliphatic carbocycles. The molecule has 92 valence electrons. The lowest BCUT2D eigenvalue weighted by atomic mass is 9.80. The molecule has 1 saturated heterocycles. The molecule has 1 atom stereocenters. The van der Waals surface area contributed by atoms with Gasteiger partial charge >= 0.3 is 0 Å². The topological polar surface area (TPSA) is 50.8 Å². The second-order valence-electron chi connectivity index (χ2n) is 4.83. The Morgan fingerprint density at radius 1 is 1.65 bits per heavy atom. The molecule has 2 rings (SSSR count). The Morgan fingerprint density at radius 2 is 2.47 bits per heavy atom. The SMILES string of the molecule is CCc1cc(CC2(C#N)CCCOC2)n(C)n1. The molecule has 0 amide bonds.